The van der Waals surface area contributed by atoms with E-state index >= 15 is 0 Å². The third-order valence-corrected chi connectivity index (χ3v) is 6.69. The Bertz CT molecular complexity index is 721. The van der Waals surface area contributed by atoms with Gasteiger partial charge in [-0.25, -0.2) is 4.79 Å². The molecule has 0 bridgehead atoms. The van der Waals surface area contributed by atoms with Crippen LogP contribution >= 0.6 is 0 Å². The van der Waals surface area contributed by atoms with Crippen LogP contribution in [0.2, 0.25) is 0 Å². The number of esters is 1. The molecule has 1 spiro atoms. The molecule has 6 heteroatoms. The number of amides is 1. The Labute approximate surface area is 166 Å². The van der Waals surface area contributed by atoms with Gasteiger partial charge in [0.1, 0.15) is 12.4 Å². The average molecular weight is 386 g/mol. The average Bonchev–Trinajstić information content (AvgIpc) is 3.15. The number of carbonyl (C=O) groups is 2. The van der Waals surface area contributed by atoms with Gasteiger partial charge >= 0.3 is 5.97 Å². The van der Waals surface area contributed by atoms with Crippen LogP contribution in [0.25, 0.3) is 0 Å². The van der Waals surface area contributed by atoms with E-state index in [1.54, 1.807) is 18.2 Å². The summed E-state index contributed by atoms with van der Waals surface area (Å²) < 4.78 is 10.6. The van der Waals surface area contributed by atoms with Crippen molar-refractivity contribution in [3.63, 3.8) is 0 Å². The highest BCUT2D eigenvalue weighted by Gasteiger charge is 2.59. The fraction of sp³-hybridized carbons (Fsp3) is 0.636. The fourth-order valence-corrected chi connectivity index (χ4v) is 4.75. The Morgan fingerprint density at radius 2 is 1.89 bits per heavy atom. The molecule has 1 saturated carbocycles. The van der Waals surface area contributed by atoms with Crippen LogP contribution in [0.5, 0.6) is 5.75 Å². The summed E-state index contributed by atoms with van der Waals surface area (Å²) in [5.41, 5.74) is 0.786. The summed E-state index contributed by atoms with van der Waals surface area (Å²) >= 11 is 0. The second-order valence-corrected chi connectivity index (χ2v) is 8.36. The van der Waals surface area contributed by atoms with Crippen LogP contribution in [0, 0.1) is 11.3 Å². The first-order valence-corrected chi connectivity index (χ1v) is 10.4. The maximum Gasteiger partial charge on any atom is 0.337 e. The lowest BCUT2D eigenvalue weighted by molar-refractivity contribution is -0.132. The van der Waals surface area contributed by atoms with Gasteiger partial charge in [-0.15, -0.1) is 0 Å². The zero-order valence-corrected chi connectivity index (χ0v) is 16.7. The molecule has 2 heterocycles. The number of ether oxygens (including phenoxy) is 2. The Morgan fingerprint density at radius 1 is 1.14 bits per heavy atom. The quantitative estimate of drug-likeness (QED) is 0.704. The second-order valence-electron chi connectivity index (χ2n) is 8.36. The minimum absolute atomic E-state index is 0.282. The summed E-state index contributed by atoms with van der Waals surface area (Å²) in [6.45, 7) is 5.46. The maximum atomic E-state index is 12.6. The van der Waals surface area contributed by atoms with Crippen molar-refractivity contribution >= 4 is 11.9 Å². The summed E-state index contributed by atoms with van der Waals surface area (Å²) in [4.78, 5) is 28.8. The lowest BCUT2D eigenvalue weighted by Gasteiger charge is -2.33. The van der Waals surface area contributed by atoms with E-state index in [0.29, 0.717) is 23.8 Å². The van der Waals surface area contributed by atoms with Crippen LogP contribution in [-0.2, 0) is 9.53 Å². The molecule has 0 aromatic heterocycles. The van der Waals surface area contributed by atoms with E-state index < -0.39 is 0 Å². The van der Waals surface area contributed by atoms with Crippen molar-refractivity contribution in [1.82, 2.24) is 9.80 Å². The van der Waals surface area contributed by atoms with E-state index in [2.05, 4.69) is 9.80 Å². The molecule has 0 N–H and O–H groups in total. The van der Waals surface area contributed by atoms with E-state index in [1.165, 1.54) is 20.0 Å². The Morgan fingerprint density at radius 3 is 2.61 bits per heavy atom. The largest absolute Gasteiger partial charge is 0.492 e. The molecule has 4 rings (SSSR count). The summed E-state index contributed by atoms with van der Waals surface area (Å²) in [6, 6.07) is 7.10. The molecule has 28 heavy (non-hydrogen) atoms. The highest BCUT2D eigenvalue weighted by molar-refractivity contribution is 5.89. The van der Waals surface area contributed by atoms with Crippen LogP contribution in [-0.4, -0.2) is 68.1 Å². The molecule has 1 unspecified atom stereocenters. The number of carbonyl (C=O) groups excluding carboxylic acids is 2. The monoisotopic (exact) mass is 386 g/mol. The van der Waals surface area contributed by atoms with Crippen molar-refractivity contribution in [3.8, 4) is 5.75 Å². The van der Waals surface area contributed by atoms with Gasteiger partial charge in [0.15, 0.2) is 0 Å². The number of hydrogen-bond donors (Lipinski definition) is 0. The normalized spacial score (nSPS) is 23.6. The van der Waals surface area contributed by atoms with Crippen molar-refractivity contribution in [2.45, 2.75) is 32.1 Å². The van der Waals surface area contributed by atoms with Crippen molar-refractivity contribution in [2.24, 2.45) is 11.3 Å². The van der Waals surface area contributed by atoms with Crippen LogP contribution < -0.4 is 4.74 Å². The highest BCUT2D eigenvalue weighted by atomic mass is 16.5. The van der Waals surface area contributed by atoms with Crippen molar-refractivity contribution in [3.05, 3.63) is 29.8 Å². The van der Waals surface area contributed by atoms with Gasteiger partial charge in [-0.2, -0.15) is 0 Å². The number of benzene rings is 1. The molecule has 3 fully saturated rings. The minimum atomic E-state index is -0.353. The lowest BCUT2D eigenvalue weighted by atomic mass is 9.90. The van der Waals surface area contributed by atoms with E-state index in [9.17, 15) is 9.59 Å². The van der Waals surface area contributed by atoms with Gasteiger partial charge in [0.05, 0.1) is 12.7 Å². The first-order chi connectivity index (χ1) is 13.6. The molecular weight excluding hydrogens is 356 g/mol. The third-order valence-electron chi connectivity index (χ3n) is 6.69. The molecule has 1 amide bonds. The zero-order valence-electron chi connectivity index (χ0n) is 16.7. The Balaban J connectivity index is 1.20. The standard InChI is InChI=1S/C22H30N2O4/c1-27-21(26)17-5-4-6-18(15-17)28-14-13-23-11-7-22(8-12-23)16-19(22)20(25)24-9-2-3-10-24/h4-6,15,19H,2-3,7-14,16H2,1H3. The summed E-state index contributed by atoms with van der Waals surface area (Å²) in [5.74, 6) is 1.04. The molecule has 1 aliphatic carbocycles. The molecule has 1 aromatic rings. The van der Waals surface area contributed by atoms with E-state index in [1.807, 2.05) is 6.07 Å². The van der Waals surface area contributed by atoms with Crippen molar-refractivity contribution < 1.29 is 19.1 Å². The molecule has 6 nitrogen and oxygen atoms in total. The van der Waals surface area contributed by atoms with Gasteiger partial charge < -0.3 is 14.4 Å². The molecule has 2 saturated heterocycles. The van der Waals surface area contributed by atoms with Crippen LogP contribution in [0.15, 0.2) is 24.3 Å². The molecular formula is C22H30N2O4. The first-order valence-electron chi connectivity index (χ1n) is 10.4. The number of likely N-dealkylation sites (tertiary alicyclic amines) is 2. The van der Waals surface area contributed by atoms with Crippen molar-refractivity contribution in [1.29, 1.82) is 0 Å². The summed E-state index contributed by atoms with van der Waals surface area (Å²) in [5, 5.41) is 0. The zero-order chi connectivity index (χ0) is 19.6. The molecule has 2 aliphatic heterocycles. The Hall–Kier alpha value is -2.08. The molecule has 152 valence electrons. The van der Waals surface area contributed by atoms with Gasteiger partial charge in [0.25, 0.3) is 0 Å². The third kappa shape index (κ3) is 4.02. The second kappa shape index (κ2) is 8.11. The number of methoxy groups -OCH3 is 1. The number of rotatable bonds is 6. The number of nitrogens with zero attached hydrogens (tertiary/aromatic N) is 2. The fourth-order valence-electron chi connectivity index (χ4n) is 4.75. The summed E-state index contributed by atoms with van der Waals surface area (Å²) in [6.07, 6.45) is 5.67. The van der Waals surface area contributed by atoms with Gasteiger partial charge in [0.2, 0.25) is 5.91 Å². The highest BCUT2D eigenvalue weighted by Crippen LogP contribution is 2.60. The van der Waals surface area contributed by atoms with Gasteiger partial charge in [-0.1, -0.05) is 6.07 Å². The van der Waals surface area contributed by atoms with E-state index in [0.717, 1.165) is 52.0 Å². The maximum absolute atomic E-state index is 12.6. The molecule has 0 radical (unpaired) electrons. The molecule has 1 atom stereocenters. The lowest BCUT2D eigenvalue weighted by Crippen LogP contribution is -2.39. The van der Waals surface area contributed by atoms with Gasteiger partial charge in [-0.3, -0.25) is 9.69 Å². The molecule has 3 aliphatic rings. The SMILES string of the molecule is COC(=O)c1cccc(OCCN2CCC3(CC2)CC3C(=O)N2CCCC2)c1. The topological polar surface area (TPSA) is 59.1 Å². The predicted molar refractivity (Wildman–Crippen MR) is 105 cm³/mol. The smallest absolute Gasteiger partial charge is 0.337 e. The van der Waals surface area contributed by atoms with Gasteiger partial charge in [-0.05, 0) is 68.8 Å². The predicted octanol–water partition coefficient (Wildman–Crippen LogP) is 2.58. The van der Waals surface area contributed by atoms with Crippen LogP contribution in [0.3, 0.4) is 0 Å². The van der Waals surface area contributed by atoms with E-state index in [-0.39, 0.29) is 17.3 Å². The van der Waals surface area contributed by atoms with Gasteiger partial charge in [0, 0.05) is 25.6 Å². The van der Waals surface area contributed by atoms with Crippen molar-refractivity contribution in [2.75, 3.05) is 46.4 Å². The van der Waals surface area contributed by atoms with Crippen LogP contribution in [0.4, 0.5) is 0 Å². The first kappa shape index (κ1) is 19.2. The Kier molecular flexibility index (Phi) is 5.58. The number of hydrogen-bond acceptors (Lipinski definition) is 5. The molecule has 1 aromatic carbocycles. The number of piperidine rings is 1. The van der Waals surface area contributed by atoms with Crippen LogP contribution in [0.1, 0.15) is 42.5 Å². The summed E-state index contributed by atoms with van der Waals surface area (Å²) in [7, 11) is 1.38. The minimum Gasteiger partial charge on any atom is -0.492 e. The van der Waals surface area contributed by atoms with E-state index in [4.69, 9.17) is 9.47 Å².